The molecule has 0 unspecified atom stereocenters. The van der Waals surface area contributed by atoms with Gasteiger partial charge in [0.2, 0.25) is 0 Å². The summed E-state index contributed by atoms with van der Waals surface area (Å²) in [5, 5.41) is 8.66. The van der Waals surface area contributed by atoms with Gasteiger partial charge in [0, 0.05) is 18.1 Å². The van der Waals surface area contributed by atoms with Crippen molar-refractivity contribution in [1.29, 1.82) is 0 Å². The normalized spacial score (nSPS) is 10.5. The summed E-state index contributed by atoms with van der Waals surface area (Å²) in [5.41, 5.74) is 1.90. The van der Waals surface area contributed by atoms with Gasteiger partial charge in [-0.3, -0.25) is 4.98 Å². The molecule has 21 heavy (non-hydrogen) atoms. The minimum absolute atomic E-state index is 0.459. The highest BCUT2D eigenvalue weighted by atomic mass is 32.2. The smallest absolute Gasteiger partial charge is 0.277 e. The van der Waals surface area contributed by atoms with E-state index in [4.69, 9.17) is 9.15 Å². The van der Waals surface area contributed by atoms with Crippen LogP contribution in [0, 0.1) is 0 Å². The maximum Gasteiger partial charge on any atom is 0.277 e. The van der Waals surface area contributed by atoms with Crippen LogP contribution < -0.4 is 4.74 Å². The molecule has 0 radical (unpaired) electrons. The number of hydrogen-bond donors (Lipinski definition) is 0. The van der Waals surface area contributed by atoms with Crippen molar-refractivity contribution in [3.63, 3.8) is 0 Å². The lowest BCUT2D eigenvalue weighted by Gasteiger charge is -2.03. The van der Waals surface area contributed by atoms with Crippen molar-refractivity contribution < 1.29 is 9.15 Å². The van der Waals surface area contributed by atoms with E-state index >= 15 is 0 Å². The van der Waals surface area contributed by atoms with Crippen molar-refractivity contribution in [2.24, 2.45) is 0 Å². The van der Waals surface area contributed by atoms with Gasteiger partial charge in [0.15, 0.2) is 0 Å². The van der Waals surface area contributed by atoms with Gasteiger partial charge in [-0.25, -0.2) is 0 Å². The van der Waals surface area contributed by atoms with E-state index in [2.05, 4.69) is 15.2 Å². The predicted molar refractivity (Wildman–Crippen MR) is 80.1 cm³/mol. The lowest BCUT2D eigenvalue weighted by molar-refractivity contribution is 0.411. The van der Waals surface area contributed by atoms with Crippen molar-refractivity contribution in [3.05, 3.63) is 54.4 Å². The van der Waals surface area contributed by atoms with Gasteiger partial charge < -0.3 is 9.15 Å². The first-order valence-corrected chi connectivity index (χ1v) is 7.34. The molecule has 6 heteroatoms. The van der Waals surface area contributed by atoms with Crippen LogP contribution in [0.1, 0.15) is 5.56 Å². The number of pyridine rings is 1. The Morgan fingerprint density at radius 1 is 1.14 bits per heavy atom. The van der Waals surface area contributed by atoms with Crippen LogP contribution in [0.25, 0.3) is 11.5 Å². The van der Waals surface area contributed by atoms with E-state index in [0.717, 1.165) is 16.9 Å². The van der Waals surface area contributed by atoms with Crippen molar-refractivity contribution in [3.8, 4) is 17.2 Å². The first-order valence-electron chi connectivity index (χ1n) is 6.35. The molecule has 0 N–H and O–H groups in total. The van der Waals surface area contributed by atoms with Gasteiger partial charge in [-0.05, 0) is 23.8 Å². The molecule has 106 valence electrons. The summed E-state index contributed by atoms with van der Waals surface area (Å²) >= 11 is 1.48. The molecule has 0 bridgehead atoms. The number of hydrogen-bond acceptors (Lipinski definition) is 6. The second kappa shape index (κ2) is 6.41. The molecular weight excluding hydrogens is 286 g/mol. The Morgan fingerprint density at radius 2 is 2.05 bits per heavy atom. The van der Waals surface area contributed by atoms with Crippen molar-refractivity contribution in [2.45, 2.75) is 11.0 Å². The first-order chi connectivity index (χ1) is 10.4. The summed E-state index contributed by atoms with van der Waals surface area (Å²) in [6.07, 6.45) is 3.57. The van der Waals surface area contributed by atoms with Crippen LogP contribution in [0.3, 0.4) is 0 Å². The van der Waals surface area contributed by atoms with Crippen LogP contribution in [0.2, 0.25) is 0 Å². The monoisotopic (exact) mass is 299 g/mol. The number of benzene rings is 1. The molecule has 2 aromatic heterocycles. The summed E-state index contributed by atoms with van der Waals surface area (Å²) in [7, 11) is 1.62. The number of rotatable bonds is 5. The van der Waals surface area contributed by atoms with Crippen molar-refractivity contribution in [1.82, 2.24) is 15.2 Å². The van der Waals surface area contributed by atoms with E-state index in [0.29, 0.717) is 16.9 Å². The quantitative estimate of drug-likeness (QED) is 0.673. The highest BCUT2D eigenvalue weighted by Gasteiger charge is 2.13. The van der Waals surface area contributed by atoms with E-state index in [1.54, 1.807) is 13.3 Å². The number of ether oxygens (including phenoxy) is 1. The minimum atomic E-state index is 0.459. The zero-order valence-electron chi connectivity index (χ0n) is 11.4. The third kappa shape index (κ3) is 3.22. The average Bonchev–Trinajstić information content (AvgIpc) is 3.02. The summed E-state index contributed by atoms with van der Waals surface area (Å²) < 4.78 is 11.0. The van der Waals surface area contributed by atoms with E-state index in [1.807, 2.05) is 42.6 Å². The molecule has 0 aliphatic rings. The lowest BCUT2D eigenvalue weighted by Crippen LogP contribution is -1.87. The molecule has 0 saturated carbocycles. The van der Waals surface area contributed by atoms with Gasteiger partial charge in [0.05, 0.1) is 12.7 Å². The molecule has 1 aromatic carbocycles. The van der Waals surface area contributed by atoms with Crippen LogP contribution in [0.4, 0.5) is 0 Å². The van der Waals surface area contributed by atoms with Crippen LogP contribution >= 0.6 is 11.8 Å². The standard InChI is InChI=1S/C15H13N3O2S/c1-19-13-7-3-2-6-12(13)14-17-18-15(20-14)21-10-11-5-4-8-16-9-11/h2-9H,10H2,1H3. The Hall–Kier alpha value is -2.34. The molecule has 3 rings (SSSR count). The zero-order chi connectivity index (χ0) is 14.5. The van der Waals surface area contributed by atoms with Gasteiger partial charge >= 0.3 is 0 Å². The summed E-state index contributed by atoms with van der Waals surface area (Å²) in [6.45, 7) is 0. The Morgan fingerprint density at radius 3 is 2.86 bits per heavy atom. The Balaban J connectivity index is 1.74. The molecule has 5 nitrogen and oxygen atoms in total. The maximum absolute atomic E-state index is 5.67. The van der Waals surface area contributed by atoms with E-state index in [9.17, 15) is 0 Å². The molecule has 0 fully saturated rings. The highest BCUT2D eigenvalue weighted by Crippen LogP contribution is 2.31. The van der Waals surface area contributed by atoms with E-state index in [-0.39, 0.29) is 0 Å². The fourth-order valence-corrected chi connectivity index (χ4v) is 2.52. The first kappa shape index (κ1) is 13.6. The molecule has 0 amide bonds. The largest absolute Gasteiger partial charge is 0.496 e. The van der Waals surface area contributed by atoms with Gasteiger partial charge in [0.1, 0.15) is 5.75 Å². The average molecular weight is 299 g/mol. The van der Waals surface area contributed by atoms with Gasteiger partial charge in [-0.1, -0.05) is 30.0 Å². The zero-order valence-corrected chi connectivity index (χ0v) is 12.2. The number of aromatic nitrogens is 3. The Kier molecular flexibility index (Phi) is 4.16. The maximum atomic E-state index is 5.67. The molecular formula is C15H13N3O2S. The fourth-order valence-electron chi connectivity index (χ4n) is 1.83. The second-order valence-corrected chi connectivity index (χ2v) is 5.15. The SMILES string of the molecule is COc1ccccc1-c1nnc(SCc2cccnc2)o1. The number of nitrogens with zero attached hydrogens (tertiary/aromatic N) is 3. The van der Waals surface area contributed by atoms with E-state index < -0.39 is 0 Å². The number of thioether (sulfide) groups is 1. The van der Waals surface area contributed by atoms with Crippen LogP contribution in [0.5, 0.6) is 5.75 Å². The third-order valence-electron chi connectivity index (χ3n) is 2.83. The van der Waals surface area contributed by atoms with Crippen LogP contribution in [0.15, 0.2) is 58.4 Å². The van der Waals surface area contributed by atoms with Gasteiger partial charge in [-0.15, -0.1) is 10.2 Å². The topological polar surface area (TPSA) is 61.0 Å². The molecule has 0 saturated heterocycles. The van der Waals surface area contributed by atoms with Gasteiger partial charge in [-0.2, -0.15) is 0 Å². The number of para-hydroxylation sites is 1. The molecule has 0 atom stereocenters. The van der Waals surface area contributed by atoms with E-state index in [1.165, 1.54) is 11.8 Å². The molecule has 0 spiro atoms. The van der Waals surface area contributed by atoms with Crippen LogP contribution in [-0.2, 0) is 5.75 Å². The summed E-state index contributed by atoms with van der Waals surface area (Å²) in [5.74, 6) is 1.91. The highest BCUT2D eigenvalue weighted by molar-refractivity contribution is 7.98. The molecule has 2 heterocycles. The van der Waals surface area contributed by atoms with Crippen molar-refractivity contribution in [2.75, 3.05) is 7.11 Å². The van der Waals surface area contributed by atoms with Crippen molar-refractivity contribution >= 4 is 11.8 Å². The molecule has 0 aliphatic carbocycles. The molecule has 0 aliphatic heterocycles. The van der Waals surface area contributed by atoms with Gasteiger partial charge in [0.25, 0.3) is 11.1 Å². The third-order valence-corrected chi connectivity index (χ3v) is 3.72. The predicted octanol–water partition coefficient (Wildman–Crippen LogP) is 3.43. The minimum Gasteiger partial charge on any atom is -0.496 e. The Labute approximate surface area is 126 Å². The second-order valence-electron chi connectivity index (χ2n) is 4.22. The number of methoxy groups -OCH3 is 1. The van der Waals surface area contributed by atoms with Crippen LogP contribution in [-0.4, -0.2) is 22.3 Å². The lowest BCUT2D eigenvalue weighted by atomic mass is 10.2. The summed E-state index contributed by atoms with van der Waals surface area (Å²) in [4.78, 5) is 4.08. The fraction of sp³-hybridized carbons (Fsp3) is 0.133. The molecule has 3 aromatic rings. The Bertz CT molecular complexity index is 716. The summed E-state index contributed by atoms with van der Waals surface area (Å²) in [6, 6.07) is 11.5.